The maximum Gasteiger partial charge on any atom is 0.124 e. The van der Waals surface area contributed by atoms with Crippen molar-refractivity contribution < 1.29 is 10.2 Å². The number of aryl methyl sites for hydroxylation is 1. The van der Waals surface area contributed by atoms with Crippen LogP contribution in [-0.4, -0.2) is 63.0 Å². The topological polar surface area (TPSA) is 86.2 Å². The highest BCUT2D eigenvalue weighted by atomic mass is 16.3. The fraction of sp³-hybridized carbons (Fsp3) is 0.296. The summed E-state index contributed by atoms with van der Waals surface area (Å²) in [5.41, 5.74) is 2.94. The van der Waals surface area contributed by atoms with Gasteiger partial charge in [0.15, 0.2) is 0 Å². The maximum atomic E-state index is 11.0. The molecule has 0 amide bonds. The molecule has 1 aromatic heterocycles. The first-order valence-electron chi connectivity index (χ1n) is 11.4. The molecule has 4 rings (SSSR count). The molecule has 0 radical (unpaired) electrons. The van der Waals surface area contributed by atoms with Gasteiger partial charge in [0.05, 0.1) is 43.6 Å². The Labute approximate surface area is 199 Å². The van der Waals surface area contributed by atoms with Crippen molar-refractivity contribution in [3.8, 4) is 0 Å². The Morgan fingerprint density at radius 2 is 1.85 bits per heavy atom. The molecule has 2 aromatic carbocycles. The van der Waals surface area contributed by atoms with Crippen LogP contribution in [0.1, 0.15) is 23.6 Å². The minimum absolute atomic E-state index is 0.00717. The summed E-state index contributed by atoms with van der Waals surface area (Å²) in [6.07, 6.45) is 3.52. The monoisotopic (exact) mass is 457 g/mol. The van der Waals surface area contributed by atoms with Crippen molar-refractivity contribution in [1.82, 2.24) is 14.5 Å². The fourth-order valence-electron chi connectivity index (χ4n) is 4.09. The number of hydrogen-bond acceptors (Lipinski definition) is 5. The van der Waals surface area contributed by atoms with Crippen LogP contribution in [0.25, 0.3) is 12.3 Å². The first kappa shape index (κ1) is 23.6. The van der Waals surface area contributed by atoms with Gasteiger partial charge in [0.25, 0.3) is 0 Å². The molecule has 0 atom stereocenters. The number of amidine groups is 1. The van der Waals surface area contributed by atoms with Gasteiger partial charge < -0.3 is 19.7 Å². The predicted octanol–water partition coefficient (Wildman–Crippen LogP) is 1.44. The third-order valence-corrected chi connectivity index (χ3v) is 6.19. The number of imidazole rings is 1. The van der Waals surface area contributed by atoms with Gasteiger partial charge in [0.2, 0.25) is 0 Å². The van der Waals surface area contributed by atoms with E-state index in [4.69, 9.17) is 4.99 Å². The fourth-order valence-corrected chi connectivity index (χ4v) is 4.09. The van der Waals surface area contributed by atoms with Crippen LogP contribution in [0, 0.1) is 6.92 Å². The van der Waals surface area contributed by atoms with Gasteiger partial charge in [-0.3, -0.25) is 4.99 Å². The van der Waals surface area contributed by atoms with E-state index in [9.17, 15) is 10.2 Å². The summed E-state index contributed by atoms with van der Waals surface area (Å²) < 4.78 is 1.81. The molecule has 0 saturated carbocycles. The molecular formula is C27H31N5O2. The van der Waals surface area contributed by atoms with Crippen LogP contribution in [-0.2, 0) is 12.1 Å². The Bertz CT molecular complexity index is 1300. The molecule has 0 unspecified atom stereocenters. The van der Waals surface area contributed by atoms with E-state index in [1.807, 2.05) is 71.1 Å². The summed E-state index contributed by atoms with van der Waals surface area (Å²) in [5.74, 6) is 0.790. The number of aliphatic hydroxyl groups is 2. The molecule has 1 fully saturated rings. The second-order valence-electron chi connectivity index (χ2n) is 8.64. The van der Waals surface area contributed by atoms with Crippen LogP contribution in [0.2, 0.25) is 0 Å². The third kappa shape index (κ3) is 5.00. The Hall–Kier alpha value is -3.55. The molecule has 3 aromatic rings. The van der Waals surface area contributed by atoms with Crippen LogP contribution in [0.3, 0.4) is 0 Å². The average Bonchev–Trinajstić information content (AvgIpc) is 3.18. The number of aromatic nitrogens is 2. The average molecular weight is 458 g/mol. The molecule has 176 valence electrons. The van der Waals surface area contributed by atoms with Crippen molar-refractivity contribution in [2.24, 2.45) is 9.98 Å². The number of hydrogen-bond donors (Lipinski definition) is 2. The number of β-amino-alcohol motifs (C(OH)–C–C–N with tert-alkyl or cyclic N) is 1. The Morgan fingerprint density at radius 1 is 1.15 bits per heavy atom. The molecule has 7 nitrogen and oxygen atoms in total. The predicted molar refractivity (Wildman–Crippen MR) is 136 cm³/mol. The summed E-state index contributed by atoms with van der Waals surface area (Å²) >= 11 is 0. The molecule has 2 heterocycles. The SMILES string of the molecule is C=c1/c(=C(/CN=Cc2ccccc2C)N=C(C)N2CC(O)(c3ccccc3)C2)ncn1CCO. The highest BCUT2D eigenvalue weighted by molar-refractivity contribution is 5.85. The van der Waals surface area contributed by atoms with Crippen LogP contribution in [0.15, 0.2) is 70.9 Å². The number of aliphatic imine (C=N–C) groups is 2. The molecule has 0 aliphatic carbocycles. The van der Waals surface area contributed by atoms with E-state index in [2.05, 4.69) is 29.5 Å². The van der Waals surface area contributed by atoms with Gasteiger partial charge in [-0.1, -0.05) is 61.2 Å². The zero-order valence-electron chi connectivity index (χ0n) is 19.7. The minimum atomic E-state index is -0.874. The highest BCUT2D eigenvalue weighted by Gasteiger charge is 2.43. The first-order chi connectivity index (χ1) is 16.4. The molecule has 0 spiro atoms. The van der Waals surface area contributed by atoms with Crippen molar-refractivity contribution in [1.29, 1.82) is 0 Å². The lowest BCUT2D eigenvalue weighted by atomic mass is 9.86. The number of rotatable bonds is 7. The van der Waals surface area contributed by atoms with Gasteiger partial charge in [0, 0.05) is 12.8 Å². The van der Waals surface area contributed by atoms with Crippen molar-refractivity contribution >= 4 is 24.3 Å². The molecule has 2 N–H and O–H groups in total. The van der Waals surface area contributed by atoms with Crippen molar-refractivity contribution in [2.75, 3.05) is 26.2 Å². The zero-order valence-corrected chi connectivity index (χ0v) is 19.7. The standard InChI is InChI=1S/C27H31N5O2/c1-20-9-7-8-10-23(20)15-28-16-25(26-21(2)31(13-14-33)19-29-26)30-22(3)32-17-27(34,18-32)24-11-5-4-6-12-24/h4-12,15,19,33-34H,2,13-14,16-18H2,1,3H3/b26-25+,28-15?,30-22?. The molecule has 0 bridgehead atoms. The van der Waals surface area contributed by atoms with E-state index in [1.165, 1.54) is 0 Å². The Kier molecular flexibility index (Phi) is 7.05. The molecule has 7 heteroatoms. The molecular weight excluding hydrogens is 426 g/mol. The summed E-state index contributed by atoms with van der Waals surface area (Å²) in [5, 5.41) is 21.6. The van der Waals surface area contributed by atoms with Crippen LogP contribution in [0.4, 0.5) is 0 Å². The van der Waals surface area contributed by atoms with Gasteiger partial charge in [-0.15, -0.1) is 0 Å². The Balaban J connectivity index is 1.61. The zero-order chi connectivity index (χ0) is 24.1. The minimum Gasteiger partial charge on any atom is -0.395 e. The summed E-state index contributed by atoms with van der Waals surface area (Å²) in [4.78, 5) is 16.1. The smallest absolute Gasteiger partial charge is 0.124 e. The lowest BCUT2D eigenvalue weighted by molar-refractivity contribution is -0.0719. The third-order valence-electron chi connectivity index (χ3n) is 6.19. The van der Waals surface area contributed by atoms with Gasteiger partial charge in [-0.2, -0.15) is 0 Å². The molecule has 34 heavy (non-hydrogen) atoms. The lowest BCUT2D eigenvalue weighted by Gasteiger charge is -2.47. The van der Waals surface area contributed by atoms with Gasteiger partial charge >= 0.3 is 0 Å². The van der Waals surface area contributed by atoms with Crippen LogP contribution < -0.4 is 10.7 Å². The Morgan fingerprint density at radius 3 is 2.56 bits per heavy atom. The van der Waals surface area contributed by atoms with Crippen LogP contribution in [0.5, 0.6) is 0 Å². The normalized spacial score (nSPS) is 16.6. The summed E-state index contributed by atoms with van der Waals surface area (Å²) in [6.45, 7) is 9.84. The molecule has 1 aliphatic heterocycles. The van der Waals surface area contributed by atoms with E-state index in [-0.39, 0.29) is 6.61 Å². The quantitative estimate of drug-likeness (QED) is 0.415. The maximum absolute atomic E-state index is 11.0. The van der Waals surface area contributed by atoms with Crippen molar-refractivity contribution in [3.63, 3.8) is 0 Å². The largest absolute Gasteiger partial charge is 0.395 e. The van der Waals surface area contributed by atoms with E-state index in [1.54, 1.807) is 6.33 Å². The molecule has 1 aliphatic rings. The number of nitrogens with zero attached hydrogens (tertiary/aromatic N) is 5. The lowest BCUT2D eigenvalue weighted by Crippen LogP contribution is -2.60. The summed E-state index contributed by atoms with van der Waals surface area (Å²) in [7, 11) is 0. The number of benzene rings is 2. The second-order valence-corrected chi connectivity index (χ2v) is 8.64. The van der Waals surface area contributed by atoms with E-state index in [0.717, 1.165) is 22.5 Å². The summed E-state index contributed by atoms with van der Waals surface area (Å²) in [6, 6.07) is 17.8. The van der Waals surface area contributed by atoms with E-state index >= 15 is 0 Å². The molecule has 1 saturated heterocycles. The number of aliphatic hydroxyl groups excluding tert-OH is 1. The van der Waals surface area contributed by atoms with E-state index < -0.39 is 5.60 Å². The van der Waals surface area contributed by atoms with Gasteiger partial charge in [0.1, 0.15) is 16.8 Å². The van der Waals surface area contributed by atoms with Gasteiger partial charge in [-0.25, -0.2) is 9.98 Å². The van der Waals surface area contributed by atoms with Crippen molar-refractivity contribution in [3.05, 3.63) is 88.3 Å². The number of likely N-dealkylation sites (tertiary alicyclic amines) is 1. The van der Waals surface area contributed by atoms with E-state index in [0.29, 0.717) is 42.6 Å². The van der Waals surface area contributed by atoms with Crippen LogP contribution >= 0.6 is 0 Å². The highest BCUT2D eigenvalue weighted by Crippen LogP contribution is 2.32. The van der Waals surface area contributed by atoms with Crippen molar-refractivity contribution in [2.45, 2.75) is 26.0 Å². The second kappa shape index (κ2) is 10.2. The first-order valence-corrected chi connectivity index (χ1v) is 11.4. The van der Waals surface area contributed by atoms with Gasteiger partial charge in [-0.05, 0) is 30.5 Å².